The summed E-state index contributed by atoms with van der Waals surface area (Å²) < 4.78 is 5.07. The van der Waals surface area contributed by atoms with Gasteiger partial charge in [0.05, 0.1) is 25.1 Å². The molecule has 0 radical (unpaired) electrons. The first-order valence-corrected chi connectivity index (χ1v) is 8.08. The number of rotatable bonds is 4. The Morgan fingerprint density at radius 3 is 3.18 bits per heavy atom. The normalized spacial score (nSPS) is 14.0. The topological polar surface area (TPSA) is 87.6 Å². The monoisotopic (exact) mass is 322 g/mol. The molecule has 3 rings (SSSR count). The van der Waals surface area contributed by atoms with Gasteiger partial charge in [-0.05, 0) is 18.9 Å². The van der Waals surface area contributed by atoms with E-state index in [9.17, 15) is 4.79 Å². The second-order valence-corrected chi connectivity index (χ2v) is 6.01. The molecular weight excluding hydrogens is 304 g/mol. The van der Waals surface area contributed by atoms with Crippen LogP contribution < -0.4 is 5.32 Å². The van der Waals surface area contributed by atoms with Gasteiger partial charge < -0.3 is 20.1 Å². The Bertz CT molecular complexity index is 688. The van der Waals surface area contributed by atoms with Gasteiger partial charge in [-0.3, -0.25) is 0 Å². The van der Waals surface area contributed by atoms with Gasteiger partial charge in [0.15, 0.2) is 0 Å². The number of anilines is 1. The SMILES string of the molecule is CCOC(=O)N1CCc2c(sc3ncnc(NCCO)c23)C1. The van der Waals surface area contributed by atoms with Crippen LogP contribution in [0.5, 0.6) is 0 Å². The molecule has 0 bridgehead atoms. The summed E-state index contributed by atoms with van der Waals surface area (Å²) in [6.07, 6.45) is 2.01. The minimum atomic E-state index is -0.268. The third kappa shape index (κ3) is 2.71. The quantitative estimate of drug-likeness (QED) is 0.889. The van der Waals surface area contributed by atoms with Crippen molar-refractivity contribution in [2.24, 2.45) is 0 Å². The van der Waals surface area contributed by atoms with E-state index in [0.29, 0.717) is 26.2 Å². The Morgan fingerprint density at radius 1 is 1.55 bits per heavy atom. The lowest BCUT2D eigenvalue weighted by Crippen LogP contribution is -2.35. The number of amides is 1. The maximum absolute atomic E-state index is 11.9. The van der Waals surface area contributed by atoms with Gasteiger partial charge in [-0.25, -0.2) is 14.8 Å². The van der Waals surface area contributed by atoms with Crippen LogP contribution in [0.25, 0.3) is 10.2 Å². The maximum atomic E-state index is 11.9. The standard InChI is InChI=1S/C14H18N4O3S/c1-2-21-14(20)18-5-3-9-10(7-18)22-13-11(9)12(15-4-6-19)16-8-17-13/h8,19H,2-7H2,1H3,(H,15,16,17). The number of aliphatic hydroxyl groups excluding tert-OH is 1. The molecule has 22 heavy (non-hydrogen) atoms. The van der Waals surface area contributed by atoms with Crippen molar-refractivity contribution in [1.82, 2.24) is 14.9 Å². The summed E-state index contributed by atoms with van der Waals surface area (Å²) >= 11 is 1.58. The summed E-state index contributed by atoms with van der Waals surface area (Å²) in [6, 6.07) is 0. The lowest BCUT2D eigenvalue weighted by atomic mass is 10.1. The lowest BCUT2D eigenvalue weighted by molar-refractivity contribution is 0.103. The molecule has 7 nitrogen and oxygen atoms in total. The van der Waals surface area contributed by atoms with Gasteiger partial charge >= 0.3 is 6.09 Å². The van der Waals surface area contributed by atoms with E-state index in [1.165, 1.54) is 11.9 Å². The number of aromatic nitrogens is 2. The fraction of sp³-hybridized carbons (Fsp3) is 0.500. The second-order valence-electron chi connectivity index (χ2n) is 4.93. The van der Waals surface area contributed by atoms with E-state index in [1.807, 2.05) is 0 Å². The van der Waals surface area contributed by atoms with Crippen molar-refractivity contribution in [2.75, 3.05) is 31.6 Å². The van der Waals surface area contributed by atoms with Crippen LogP contribution in [0, 0.1) is 0 Å². The van der Waals surface area contributed by atoms with Gasteiger partial charge in [0, 0.05) is 18.0 Å². The maximum Gasteiger partial charge on any atom is 0.410 e. The number of aliphatic hydroxyl groups is 1. The van der Waals surface area contributed by atoms with Crippen LogP contribution in [0.15, 0.2) is 6.33 Å². The van der Waals surface area contributed by atoms with Crippen LogP contribution in [0.2, 0.25) is 0 Å². The van der Waals surface area contributed by atoms with Crippen LogP contribution >= 0.6 is 11.3 Å². The van der Waals surface area contributed by atoms with Crippen molar-refractivity contribution in [3.63, 3.8) is 0 Å². The molecule has 8 heteroatoms. The Morgan fingerprint density at radius 2 is 2.41 bits per heavy atom. The second kappa shape index (κ2) is 6.45. The number of hydrogen-bond acceptors (Lipinski definition) is 7. The van der Waals surface area contributed by atoms with Crippen molar-refractivity contribution in [2.45, 2.75) is 19.9 Å². The number of fused-ring (bicyclic) bond motifs is 3. The molecule has 0 saturated heterocycles. The molecule has 2 N–H and O–H groups in total. The van der Waals surface area contributed by atoms with Gasteiger partial charge in [0.25, 0.3) is 0 Å². The predicted octanol–water partition coefficient (Wildman–Crippen LogP) is 1.61. The van der Waals surface area contributed by atoms with Gasteiger partial charge in [0.2, 0.25) is 0 Å². The third-order valence-corrected chi connectivity index (χ3v) is 4.69. The number of ether oxygens (including phenoxy) is 1. The first-order valence-electron chi connectivity index (χ1n) is 7.26. The van der Waals surface area contributed by atoms with Gasteiger partial charge in [0.1, 0.15) is 17.0 Å². The number of nitrogens with one attached hydrogen (secondary N) is 1. The molecule has 2 aromatic rings. The smallest absolute Gasteiger partial charge is 0.410 e. The molecule has 2 aromatic heterocycles. The molecule has 0 saturated carbocycles. The Kier molecular flexibility index (Phi) is 4.39. The Labute approximate surface area is 131 Å². The van der Waals surface area contributed by atoms with Crippen LogP contribution in [0.3, 0.4) is 0 Å². The molecule has 0 fully saturated rings. The zero-order valence-corrected chi connectivity index (χ0v) is 13.2. The third-order valence-electron chi connectivity index (χ3n) is 3.57. The Hall–Kier alpha value is -1.93. The summed E-state index contributed by atoms with van der Waals surface area (Å²) in [5.74, 6) is 0.751. The number of thiophene rings is 1. The number of carbonyl (C=O) groups excluding carboxylic acids is 1. The van der Waals surface area contributed by atoms with Crippen LogP contribution in [0.1, 0.15) is 17.4 Å². The molecule has 1 aliphatic rings. The zero-order valence-electron chi connectivity index (χ0n) is 12.3. The van der Waals surface area contributed by atoms with Crippen molar-refractivity contribution in [1.29, 1.82) is 0 Å². The average Bonchev–Trinajstić information content (AvgIpc) is 2.91. The highest BCUT2D eigenvalue weighted by Crippen LogP contribution is 2.37. The fourth-order valence-electron chi connectivity index (χ4n) is 2.61. The molecule has 1 amide bonds. The summed E-state index contributed by atoms with van der Waals surface area (Å²) in [6.45, 7) is 3.87. The van der Waals surface area contributed by atoms with E-state index in [2.05, 4.69) is 15.3 Å². The number of carbonyl (C=O) groups is 1. The molecule has 0 aliphatic carbocycles. The van der Waals surface area contributed by atoms with Crippen LogP contribution in [0.4, 0.5) is 10.6 Å². The lowest BCUT2D eigenvalue weighted by Gasteiger charge is -2.26. The van der Waals surface area contributed by atoms with Crippen molar-refractivity contribution >= 4 is 33.5 Å². The van der Waals surface area contributed by atoms with E-state index in [-0.39, 0.29) is 12.7 Å². The highest BCUT2D eigenvalue weighted by molar-refractivity contribution is 7.19. The predicted molar refractivity (Wildman–Crippen MR) is 84.1 cm³/mol. The average molecular weight is 322 g/mol. The van der Waals surface area contributed by atoms with E-state index >= 15 is 0 Å². The van der Waals surface area contributed by atoms with Crippen LogP contribution in [-0.4, -0.2) is 52.4 Å². The van der Waals surface area contributed by atoms with E-state index in [4.69, 9.17) is 9.84 Å². The molecule has 0 unspecified atom stereocenters. The molecular formula is C14H18N4O3S. The van der Waals surface area contributed by atoms with E-state index in [0.717, 1.165) is 27.3 Å². The van der Waals surface area contributed by atoms with Gasteiger partial charge in [-0.1, -0.05) is 0 Å². The summed E-state index contributed by atoms with van der Waals surface area (Å²) in [5.41, 5.74) is 1.20. The minimum Gasteiger partial charge on any atom is -0.450 e. The summed E-state index contributed by atoms with van der Waals surface area (Å²) in [5, 5.41) is 13.1. The van der Waals surface area contributed by atoms with E-state index < -0.39 is 0 Å². The van der Waals surface area contributed by atoms with Crippen molar-refractivity contribution in [3.8, 4) is 0 Å². The highest BCUT2D eigenvalue weighted by atomic mass is 32.1. The number of nitrogens with zero attached hydrogens (tertiary/aromatic N) is 3. The molecule has 118 valence electrons. The number of hydrogen-bond donors (Lipinski definition) is 2. The summed E-state index contributed by atoms with van der Waals surface area (Å²) in [7, 11) is 0. The highest BCUT2D eigenvalue weighted by Gasteiger charge is 2.26. The summed E-state index contributed by atoms with van der Waals surface area (Å²) in [4.78, 5) is 24.2. The molecule has 0 atom stereocenters. The zero-order chi connectivity index (χ0) is 15.5. The van der Waals surface area contributed by atoms with Gasteiger partial charge in [-0.15, -0.1) is 11.3 Å². The van der Waals surface area contributed by atoms with Crippen LogP contribution in [-0.2, 0) is 17.7 Å². The largest absolute Gasteiger partial charge is 0.450 e. The Balaban J connectivity index is 1.92. The first-order chi connectivity index (χ1) is 10.7. The first kappa shape index (κ1) is 15.0. The van der Waals surface area contributed by atoms with Crippen molar-refractivity contribution < 1.29 is 14.6 Å². The molecule has 0 spiro atoms. The minimum absolute atomic E-state index is 0.0501. The van der Waals surface area contributed by atoms with Crippen molar-refractivity contribution in [3.05, 3.63) is 16.8 Å². The molecule has 1 aliphatic heterocycles. The molecule has 0 aromatic carbocycles. The fourth-order valence-corrected chi connectivity index (χ4v) is 3.81. The van der Waals surface area contributed by atoms with Gasteiger partial charge in [-0.2, -0.15) is 0 Å². The van der Waals surface area contributed by atoms with E-state index in [1.54, 1.807) is 23.2 Å². The molecule has 3 heterocycles.